The number of amides is 1. The molecule has 0 radical (unpaired) electrons. The minimum atomic E-state index is -0.499. The molecule has 3 aromatic rings. The predicted octanol–water partition coefficient (Wildman–Crippen LogP) is 4.52. The van der Waals surface area contributed by atoms with Crippen LogP contribution in [0.3, 0.4) is 0 Å². The van der Waals surface area contributed by atoms with Crippen LogP contribution in [0.2, 0.25) is 0 Å². The smallest absolute Gasteiger partial charge is 0.269 e. The second-order valence-corrected chi connectivity index (χ2v) is 7.17. The Balaban J connectivity index is 1.54. The Morgan fingerprint density at radius 3 is 2.41 bits per heavy atom. The van der Waals surface area contributed by atoms with Crippen molar-refractivity contribution in [3.8, 4) is 22.8 Å². The molecule has 1 N–H and O–H groups in total. The number of nitro benzene ring substituents is 1. The summed E-state index contributed by atoms with van der Waals surface area (Å²) >= 11 is 1.31. The fraction of sp³-hybridized carbons (Fsp3) is 0.200. The molecule has 9 heteroatoms. The van der Waals surface area contributed by atoms with E-state index in [4.69, 9.17) is 9.47 Å². The van der Waals surface area contributed by atoms with E-state index in [2.05, 4.69) is 10.3 Å². The van der Waals surface area contributed by atoms with E-state index < -0.39 is 4.92 Å². The molecule has 3 rings (SSSR count). The number of thiazole rings is 1. The van der Waals surface area contributed by atoms with Gasteiger partial charge in [0.25, 0.3) is 11.6 Å². The van der Waals surface area contributed by atoms with Gasteiger partial charge in [-0.05, 0) is 50.2 Å². The number of rotatable bonds is 8. The van der Waals surface area contributed by atoms with E-state index in [0.29, 0.717) is 10.9 Å². The van der Waals surface area contributed by atoms with Crippen LogP contribution < -0.4 is 14.8 Å². The van der Waals surface area contributed by atoms with Crippen LogP contribution in [0.25, 0.3) is 11.3 Å². The Bertz CT molecular complexity index is 984. The molecule has 0 aliphatic carbocycles. The highest BCUT2D eigenvalue weighted by Crippen LogP contribution is 2.27. The van der Waals surface area contributed by atoms with Crippen molar-refractivity contribution in [2.75, 3.05) is 11.9 Å². The van der Waals surface area contributed by atoms with E-state index in [1.165, 1.54) is 35.6 Å². The summed E-state index contributed by atoms with van der Waals surface area (Å²) in [6.45, 7) is 3.71. The van der Waals surface area contributed by atoms with Gasteiger partial charge in [0.15, 0.2) is 11.7 Å². The summed E-state index contributed by atoms with van der Waals surface area (Å²) in [6.07, 6.45) is 0.107. The molecule has 2 aromatic carbocycles. The van der Waals surface area contributed by atoms with E-state index in [1.54, 1.807) is 0 Å². The zero-order valence-electron chi connectivity index (χ0n) is 15.8. The number of benzene rings is 2. The lowest BCUT2D eigenvalue weighted by Crippen LogP contribution is -2.20. The Morgan fingerprint density at radius 2 is 1.79 bits per heavy atom. The van der Waals surface area contributed by atoms with Gasteiger partial charge in [-0.2, -0.15) is 0 Å². The summed E-state index contributed by atoms with van der Waals surface area (Å²) in [4.78, 5) is 26.6. The predicted molar refractivity (Wildman–Crippen MR) is 111 cm³/mol. The van der Waals surface area contributed by atoms with Gasteiger partial charge in [0.2, 0.25) is 0 Å². The molecule has 0 unspecified atom stereocenters. The van der Waals surface area contributed by atoms with Crippen molar-refractivity contribution in [3.63, 3.8) is 0 Å². The fourth-order valence-electron chi connectivity index (χ4n) is 2.41. The SMILES string of the molecule is CC(C)Oc1ccc(-c2csc(NC(=O)COc3ccc([N+](=O)[O-])cc3)n2)cc1. The second kappa shape index (κ2) is 9.16. The van der Waals surface area contributed by atoms with E-state index in [1.807, 2.05) is 43.5 Å². The number of nitro groups is 1. The summed E-state index contributed by atoms with van der Waals surface area (Å²) in [5.74, 6) is 0.787. The number of non-ortho nitro benzene ring substituents is 1. The van der Waals surface area contributed by atoms with E-state index >= 15 is 0 Å². The molecule has 0 bridgehead atoms. The normalized spacial score (nSPS) is 10.6. The number of nitrogens with zero attached hydrogens (tertiary/aromatic N) is 2. The van der Waals surface area contributed by atoms with Gasteiger partial charge < -0.3 is 9.47 Å². The minimum absolute atomic E-state index is 0.0408. The lowest BCUT2D eigenvalue weighted by Gasteiger charge is -2.09. The molecule has 0 spiro atoms. The first kappa shape index (κ1) is 20.3. The lowest BCUT2D eigenvalue weighted by atomic mass is 10.2. The van der Waals surface area contributed by atoms with Crippen LogP contribution in [0.1, 0.15) is 13.8 Å². The summed E-state index contributed by atoms with van der Waals surface area (Å²) in [6, 6.07) is 13.1. The third-order valence-electron chi connectivity index (χ3n) is 3.69. The monoisotopic (exact) mass is 413 g/mol. The van der Waals surface area contributed by atoms with Crippen LogP contribution in [0.4, 0.5) is 10.8 Å². The van der Waals surface area contributed by atoms with Crippen molar-refractivity contribution in [2.24, 2.45) is 0 Å². The second-order valence-electron chi connectivity index (χ2n) is 6.32. The quantitative estimate of drug-likeness (QED) is 0.430. The highest BCUT2D eigenvalue weighted by atomic mass is 32.1. The third kappa shape index (κ3) is 5.76. The first-order valence-electron chi connectivity index (χ1n) is 8.80. The zero-order chi connectivity index (χ0) is 20.8. The maximum Gasteiger partial charge on any atom is 0.269 e. The molecule has 0 fully saturated rings. The van der Waals surface area contributed by atoms with Crippen molar-refractivity contribution in [1.82, 2.24) is 4.98 Å². The average molecular weight is 413 g/mol. The summed E-state index contributed by atoms with van der Waals surface area (Å²) in [5, 5.41) is 15.6. The van der Waals surface area contributed by atoms with Gasteiger partial charge in [0, 0.05) is 23.1 Å². The number of hydrogen-bond donors (Lipinski definition) is 1. The van der Waals surface area contributed by atoms with Crippen LogP contribution in [0, 0.1) is 10.1 Å². The third-order valence-corrected chi connectivity index (χ3v) is 4.45. The molecule has 1 aromatic heterocycles. The van der Waals surface area contributed by atoms with Crippen molar-refractivity contribution in [3.05, 3.63) is 64.0 Å². The topological polar surface area (TPSA) is 104 Å². The largest absolute Gasteiger partial charge is 0.491 e. The van der Waals surface area contributed by atoms with Crippen molar-refractivity contribution in [1.29, 1.82) is 0 Å². The molecule has 29 heavy (non-hydrogen) atoms. The van der Waals surface area contributed by atoms with Crippen LogP contribution in [0.15, 0.2) is 53.9 Å². The highest BCUT2D eigenvalue weighted by molar-refractivity contribution is 7.14. The van der Waals surface area contributed by atoms with Gasteiger partial charge in [-0.25, -0.2) is 4.98 Å². The number of ether oxygens (including phenoxy) is 2. The molecule has 0 aliphatic rings. The number of carbonyl (C=O) groups excluding carboxylic acids is 1. The van der Waals surface area contributed by atoms with Crippen LogP contribution in [-0.4, -0.2) is 28.5 Å². The first-order valence-corrected chi connectivity index (χ1v) is 9.68. The molecule has 150 valence electrons. The van der Waals surface area contributed by atoms with Gasteiger partial charge in [0.05, 0.1) is 16.7 Å². The van der Waals surface area contributed by atoms with Gasteiger partial charge in [-0.3, -0.25) is 20.2 Å². The standard InChI is InChI=1S/C20H19N3O5S/c1-13(2)28-17-7-3-14(4-8-17)18-12-29-20(21-18)22-19(24)11-27-16-9-5-15(6-10-16)23(25)26/h3-10,12-13H,11H2,1-2H3,(H,21,22,24). The molecule has 0 aliphatic heterocycles. The van der Waals surface area contributed by atoms with Crippen molar-refractivity contribution < 1.29 is 19.2 Å². The summed E-state index contributed by atoms with van der Waals surface area (Å²) in [7, 11) is 0. The van der Waals surface area contributed by atoms with Crippen LogP contribution >= 0.6 is 11.3 Å². The molecule has 8 nitrogen and oxygen atoms in total. The molecular weight excluding hydrogens is 394 g/mol. The van der Waals surface area contributed by atoms with Crippen molar-refractivity contribution in [2.45, 2.75) is 20.0 Å². The molecular formula is C20H19N3O5S. The summed E-state index contributed by atoms with van der Waals surface area (Å²) < 4.78 is 11.0. The average Bonchev–Trinajstić information content (AvgIpc) is 3.15. The molecule has 1 heterocycles. The molecule has 1 amide bonds. The van der Waals surface area contributed by atoms with Gasteiger partial charge in [-0.1, -0.05) is 0 Å². The van der Waals surface area contributed by atoms with Gasteiger partial charge in [-0.15, -0.1) is 11.3 Å². The van der Waals surface area contributed by atoms with Gasteiger partial charge in [0.1, 0.15) is 11.5 Å². The molecule has 0 atom stereocenters. The molecule has 0 saturated heterocycles. The number of carbonyl (C=O) groups is 1. The summed E-state index contributed by atoms with van der Waals surface area (Å²) in [5.41, 5.74) is 1.62. The fourth-order valence-corrected chi connectivity index (χ4v) is 3.14. The zero-order valence-corrected chi connectivity index (χ0v) is 16.6. The highest BCUT2D eigenvalue weighted by Gasteiger charge is 2.10. The first-order chi connectivity index (χ1) is 13.9. The Morgan fingerprint density at radius 1 is 1.14 bits per heavy atom. The number of nitrogens with one attached hydrogen (secondary N) is 1. The van der Waals surface area contributed by atoms with Gasteiger partial charge >= 0.3 is 0 Å². The van der Waals surface area contributed by atoms with Crippen LogP contribution in [0.5, 0.6) is 11.5 Å². The Hall–Kier alpha value is -3.46. The van der Waals surface area contributed by atoms with Crippen LogP contribution in [-0.2, 0) is 4.79 Å². The Labute approximate surface area is 171 Å². The van der Waals surface area contributed by atoms with E-state index in [0.717, 1.165) is 17.0 Å². The Kier molecular flexibility index (Phi) is 6.40. The number of anilines is 1. The maximum atomic E-state index is 12.1. The van der Waals surface area contributed by atoms with Crippen molar-refractivity contribution >= 4 is 28.1 Å². The molecule has 0 saturated carbocycles. The van der Waals surface area contributed by atoms with E-state index in [9.17, 15) is 14.9 Å². The van der Waals surface area contributed by atoms with E-state index in [-0.39, 0.29) is 24.3 Å². The maximum absolute atomic E-state index is 12.1. The number of hydrogen-bond acceptors (Lipinski definition) is 7. The lowest BCUT2D eigenvalue weighted by molar-refractivity contribution is -0.384. The number of aromatic nitrogens is 1. The minimum Gasteiger partial charge on any atom is -0.491 e.